The number of esters is 1. The summed E-state index contributed by atoms with van der Waals surface area (Å²) >= 11 is 5.88. The van der Waals surface area contributed by atoms with Crippen LogP contribution in [0, 0.1) is 11.3 Å². The van der Waals surface area contributed by atoms with Crippen LogP contribution >= 0.6 is 11.6 Å². The highest BCUT2D eigenvalue weighted by Gasteiger charge is 2.13. The third-order valence-electron chi connectivity index (χ3n) is 3.30. The van der Waals surface area contributed by atoms with Gasteiger partial charge in [0.2, 0.25) is 0 Å². The van der Waals surface area contributed by atoms with Crippen molar-refractivity contribution in [3.63, 3.8) is 0 Å². The molecule has 140 valence electrons. The predicted octanol–water partition coefficient (Wildman–Crippen LogP) is 2.55. The number of halogens is 1. The molecule has 2 aromatic carbocycles. The first-order chi connectivity index (χ1) is 12.7. The van der Waals surface area contributed by atoms with E-state index in [0.29, 0.717) is 11.3 Å². The summed E-state index contributed by atoms with van der Waals surface area (Å²) in [6, 6.07) is 12.3. The minimum absolute atomic E-state index is 0.144. The molecule has 0 aliphatic carbocycles. The predicted molar refractivity (Wildman–Crippen MR) is 100 cm³/mol. The smallest absolute Gasteiger partial charge is 0.338 e. The van der Waals surface area contributed by atoms with Gasteiger partial charge in [0.1, 0.15) is 6.07 Å². The molecule has 2 aromatic rings. The molecule has 0 heterocycles. The fraction of sp³-hybridized carbons (Fsp3) is 0.167. The molecule has 7 nitrogen and oxygen atoms in total. The summed E-state index contributed by atoms with van der Waals surface area (Å²) in [5.74, 6) is -1.54. The van der Waals surface area contributed by atoms with Crippen LogP contribution in [0.5, 0.6) is 0 Å². The van der Waals surface area contributed by atoms with Gasteiger partial charge in [-0.1, -0.05) is 23.7 Å². The van der Waals surface area contributed by atoms with Crippen LogP contribution in [0.3, 0.4) is 0 Å². The Morgan fingerprint density at radius 1 is 1.22 bits per heavy atom. The van der Waals surface area contributed by atoms with E-state index in [1.54, 1.807) is 6.07 Å². The SMILES string of the molecule is CS(=O)(=O)Cc1cccc(C(=O)OCC(=O)Nc2ccc(C#N)c(Cl)c2)c1. The number of sulfone groups is 1. The molecule has 2 rings (SSSR count). The van der Waals surface area contributed by atoms with Crippen molar-refractivity contribution in [2.45, 2.75) is 5.75 Å². The van der Waals surface area contributed by atoms with Gasteiger partial charge in [0, 0.05) is 11.9 Å². The van der Waals surface area contributed by atoms with Gasteiger partial charge in [-0.15, -0.1) is 0 Å². The van der Waals surface area contributed by atoms with Gasteiger partial charge in [0.05, 0.1) is 21.9 Å². The molecule has 0 aliphatic heterocycles. The Labute approximate surface area is 161 Å². The Morgan fingerprint density at radius 2 is 1.96 bits per heavy atom. The minimum Gasteiger partial charge on any atom is -0.452 e. The molecule has 0 bridgehead atoms. The molecule has 0 fully saturated rings. The molecule has 0 saturated heterocycles. The Bertz CT molecular complexity index is 1030. The molecule has 27 heavy (non-hydrogen) atoms. The van der Waals surface area contributed by atoms with Crippen LogP contribution in [0.2, 0.25) is 5.02 Å². The highest BCUT2D eigenvalue weighted by atomic mass is 35.5. The zero-order valence-corrected chi connectivity index (χ0v) is 15.8. The highest BCUT2D eigenvalue weighted by Crippen LogP contribution is 2.20. The van der Waals surface area contributed by atoms with E-state index in [1.807, 2.05) is 6.07 Å². The molecule has 0 aromatic heterocycles. The van der Waals surface area contributed by atoms with Gasteiger partial charge < -0.3 is 10.1 Å². The molecule has 0 radical (unpaired) electrons. The number of nitriles is 1. The van der Waals surface area contributed by atoms with Crippen LogP contribution in [0.25, 0.3) is 0 Å². The van der Waals surface area contributed by atoms with E-state index in [0.717, 1.165) is 6.26 Å². The topological polar surface area (TPSA) is 113 Å². The van der Waals surface area contributed by atoms with Gasteiger partial charge in [-0.2, -0.15) is 5.26 Å². The quantitative estimate of drug-likeness (QED) is 0.737. The maximum absolute atomic E-state index is 12.0. The lowest BCUT2D eigenvalue weighted by Gasteiger charge is -2.08. The minimum atomic E-state index is -3.24. The Hall–Kier alpha value is -2.89. The fourth-order valence-electron chi connectivity index (χ4n) is 2.19. The lowest BCUT2D eigenvalue weighted by atomic mass is 10.1. The fourth-order valence-corrected chi connectivity index (χ4v) is 3.19. The molecular formula is C18H15ClN2O5S. The third kappa shape index (κ3) is 6.40. The highest BCUT2D eigenvalue weighted by molar-refractivity contribution is 7.89. The number of hydrogen-bond donors (Lipinski definition) is 1. The zero-order chi connectivity index (χ0) is 20.0. The van der Waals surface area contributed by atoms with Crippen LogP contribution in [0.4, 0.5) is 5.69 Å². The molecule has 0 atom stereocenters. The number of rotatable bonds is 6. The number of carbonyl (C=O) groups is 2. The average Bonchev–Trinajstić information content (AvgIpc) is 2.58. The van der Waals surface area contributed by atoms with E-state index >= 15 is 0 Å². The van der Waals surface area contributed by atoms with Crippen LogP contribution in [0.15, 0.2) is 42.5 Å². The van der Waals surface area contributed by atoms with E-state index in [1.165, 1.54) is 36.4 Å². The Morgan fingerprint density at radius 3 is 2.59 bits per heavy atom. The van der Waals surface area contributed by atoms with Crippen molar-refractivity contribution in [2.75, 3.05) is 18.2 Å². The van der Waals surface area contributed by atoms with Crippen molar-refractivity contribution >= 4 is 39.0 Å². The number of benzene rings is 2. The molecule has 0 saturated carbocycles. The monoisotopic (exact) mass is 406 g/mol. The zero-order valence-electron chi connectivity index (χ0n) is 14.2. The number of carbonyl (C=O) groups excluding carboxylic acids is 2. The van der Waals surface area contributed by atoms with Crippen LogP contribution in [0.1, 0.15) is 21.5 Å². The number of anilines is 1. The molecule has 0 unspecified atom stereocenters. The third-order valence-corrected chi connectivity index (χ3v) is 4.47. The summed E-state index contributed by atoms with van der Waals surface area (Å²) in [5.41, 5.74) is 1.22. The van der Waals surface area contributed by atoms with Gasteiger partial charge >= 0.3 is 5.97 Å². The summed E-state index contributed by atoms with van der Waals surface area (Å²) in [6.45, 7) is -0.535. The van der Waals surface area contributed by atoms with Crippen molar-refractivity contribution in [1.82, 2.24) is 0 Å². The lowest BCUT2D eigenvalue weighted by Crippen LogP contribution is -2.21. The van der Waals surface area contributed by atoms with E-state index in [-0.39, 0.29) is 21.9 Å². The van der Waals surface area contributed by atoms with Gasteiger partial charge in [-0.05, 0) is 35.9 Å². The summed E-state index contributed by atoms with van der Waals surface area (Å²) in [4.78, 5) is 23.9. The maximum Gasteiger partial charge on any atom is 0.338 e. The van der Waals surface area contributed by atoms with Gasteiger partial charge in [-0.3, -0.25) is 4.79 Å². The second-order valence-corrected chi connectivity index (χ2v) is 8.25. The van der Waals surface area contributed by atoms with Crippen LogP contribution < -0.4 is 5.32 Å². The Kier molecular flexibility index (Phi) is 6.55. The number of nitrogens with one attached hydrogen (secondary N) is 1. The van der Waals surface area contributed by atoms with Crippen molar-refractivity contribution < 1.29 is 22.7 Å². The standard InChI is InChI=1S/C18H15ClN2O5S/c1-27(24,25)11-12-3-2-4-13(7-12)18(23)26-10-17(22)21-15-6-5-14(9-20)16(19)8-15/h2-8H,10-11H2,1H3,(H,21,22). The number of hydrogen-bond acceptors (Lipinski definition) is 6. The molecule has 1 N–H and O–H groups in total. The van der Waals surface area contributed by atoms with Crippen molar-refractivity contribution in [3.05, 3.63) is 64.2 Å². The number of amides is 1. The van der Waals surface area contributed by atoms with Gasteiger partial charge in [0.25, 0.3) is 5.91 Å². The number of nitrogens with zero attached hydrogens (tertiary/aromatic N) is 1. The molecule has 1 amide bonds. The largest absolute Gasteiger partial charge is 0.452 e. The molecule has 9 heteroatoms. The second kappa shape index (κ2) is 8.66. The van der Waals surface area contributed by atoms with E-state index < -0.39 is 28.3 Å². The summed E-state index contributed by atoms with van der Waals surface area (Å²) < 4.78 is 27.6. The summed E-state index contributed by atoms with van der Waals surface area (Å²) in [6.07, 6.45) is 1.09. The summed E-state index contributed by atoms with van der Waals surface area (Å²) in [7, 11) is -3.24. The molecular weight excluding hydrogens is 392 g/mol. The average molecular weight is 407 g/mol. The Balaban J connectivity index is 1.95. The van der Waals surface area contributed by atoms with E-state index in [2.05, 4.69) is 5.32 Å². The first kappa shape index (κ1) is 20.4. The lowest BCUT2D eigenvalue weighted by molar-refractivity contribution is -0.119. The van der Waals surface area contributed by atoms with Gasteiger partial charge in [-0.25, -0.2) is 13.2 Å². The molecule has 0 spiro atoms. The first-order valence-corrected chi connectivity index (χ1v) is 10.0. The van der Waals surface area contributed by atoms with E-state index in [4.69, 9.17) is 21.6 Å². The van der Waals surface area contributed by atoms with Crippen LogP contribution in [-0.4, -0.2) is 33.2 Å². The van der Waals surface area contributed by atoms with Gasteiger partial charge in [0.15, 0.2) is 16.4 Å². The van der Waals surface area contributed by atoms with Crippen LogP contribution in [-0.2, 0) is 25.1 Å². The maximum atomic E-state index is 12.0. The van der Waals surface area contributed by atoms with Crippen molar-refractivity contribution in [2.24, 2.45) is 0 Å². The first-order valence-electron chi connectivity index (χ1n) is 7.61. The second-order valence-electron chi connectivity index (χ2n) is 5.70. The van der Waals surface area contributed by atoms with Crippen molar-refractivity contribution in [1.29, 1.82) is 5.26 Å². The number of ether oxygens (including phenoxy) is 1. The normalized spacial score (nSPS) is 10.7. The van der Waals surface area contributed by atoms with Crippen molar-refractivity contribution in [3.8, 4) is 6.07 Å². The van der Waals surface area contributed by atoms with E-state index in [9.17, 15) is 18.0 Å². The summed E-state index contributed by atoms with van der Waals surface area (Å²) in [5, 5.41) is 11.5. The molecule has 0 aliphatic rings.